The standard InChI is InChI=1S/C16H20N8OS/c1-12(13-9-24-16(21-13)26-11-19-24)20-14(25)10-22-5-7-23(8-6-22)15-17-3-2-4-18-15/h2-4,9,11-12H,5-8,10H2,1H3,(H,20,25)/t12-/m1/s1. The molecule has 3 aromatic rings. The number of carbonyl (C=O) groups excluding carboxylic acids is 1. The van der Waals surface area contributed by atoms with Crippen LogP contribution in [-0.4, -0.2) is 68.1 Å². The minimum absolute atomic E-state index is 0.00576. The maximum absolute atomic E-state index is 12.4. The highest BCUT2D eigenvalue weighted by molar-refractivity contribution is 7.14. The van der Waals surface area contributed by atoms with E-state index in [1.54, 1.807) is 22.4 Å². The van der Waals surface area contributed by atoms with Crippen LogP contribution in [0.1, 0.15) is 18.7 Å². The van der Waals surface area contributed by atoms with E-state index in [9.17, 15) is 4.79 Å². The molecule has 0 unspecified atom stereocenters. The SMILES string of the molecule is C[C@@H](NC(=O)CN1CCN(c2ncccn2)CC1)c1cn2ncsc2n1. The first-order chi connectivity index (χ1) is 12.7. The number of fused-ring (bicyclic) bond motifs is 1. The second kappa shape index (κ2) is 7.34. The number of rotatable bonds is 5. The monoisotopic (exact) mass is 372 g/mol. The zero-order chi connectivity index (χ0) is 17.9. The lowest BCUT2D eigenvalue weighted by Gasteiger charge is -2.34. The zero-order valence-electron chi connectivity index (χ0n) is 14.4. The Hall–Kier alpha value is -2.59. The molecular formula is C16H20N8OS. The first kappa shape index (κ1) is 16.9. The first-order valence-electron chi connectivity index (χ1n) is 8.51. The van der Waals surface area contributed by atoms with E-state index in [1.807, 2.05) is 19.2 Å². The summed E-state index contributed by atoms with van der Waals surface area (Å²) in [6, 6.07) is 1.67. The van der Waals surface area contributed by atoms with Gasteiger partial charge in [-0.3, -0.25) is 9.69 Å². The molecule has 1 amide bonds. The number of hydrogen-bond acceptors (Lipinski definition) is 8. The van der Waals surface area contributed by atoms with Crippen LogP contribution in [0.25, 0.3) is 4.96 Å². The van der Waals surface area contributed by atoms with Gasteiger partial charge in [-0.2, -0.15) is 5.10 Å². The van der Waals surface area contributed by atoms with Gasteiger partial charge in [-0.25, -0.2) is 19.5 Å². The quantitative estimate of drug-likeness (QED) is 0.700. The Labute approximate surface area is 154 Å². The molecule has 1 aliphatic heterocycles. The lowest BCUT2D eigenvalue weighted by Crippen LogP contribution is -2.50. The first-order valence-corrected chi connectivity index (χ1v) is 9.39. The van der Waals surface area contributed by atoms with Crippen LogP contribution in [-0.2, 0) is 4.79 Å². The van der Waals surface area contributed by atoms with Crippen LogP contribution < -0.4 is 10.2 Å². The summed E-state index contributed by atoms with van der Waals surface area (Å²) in [4.78, 5) is 30.5. The predicted molar refractivity (Wildman–Crippen MR) is 98.1 cm³/mol. The van der Waals surface area contributed by atoms with Gasteiger partial charge < -0.3 is 10.2 Å². The third kappa shape index (κ3) is 3.65. The van der Waals surface area contributed by atoms with Gasteiger partial charge in [0, 0.05) is 38.6 Å². The molecule has 4 rings (SSSR count). The molecule has 1 saturated heterocycles. The Bertz CT molecular complexity index is 842. The van der Waals surface area contributed by atoms with E-state index >= 15 is 0 Å². The van der Waals surface area contributed by atoms with Crippen molar-refractivity contribution in [2.45, 2.75) is 13.0 Å². The molecule has 1 fully saturated rings. The summed E-state index contributed by atoms with van der Waals surface area (Å²) < 4.78 is 1.73. The van der Waals surface area contributed by atoms with Crippen LogP contribution in [0.3, 0.4) is 0 Å². The highest BCUT2D eigenvalue weighted by Crippen LogP contribution is 2.15. The van der Waals surface area contributed by atoms with Gasteiger partial charge >= 0.3 is 0 Å². The van der Waals surface area contributed by atoms with Gasteiger partial charge in [0.05, 0.1) is 24.5 Å². The molecule has 0 aromatic carbocycles. The van der Waals surface area contributed by atoms with Crippen molar-refractivity contribution in [3.63, 3.8) is 0 Å². The summed E-state index contributed by atoms with van der Waals surface area (Å²) >= 11 is 1.48. The third-order valence-electron chi connectivity index (χ3n) is 4.40. The average molecular weight is 372 g/mol. The Morgan fingerprint density at radius 3 is 2.77 bits per heavy atom. The number of imidazole rings is 1. The molecule has 136 valence electrons. The van der Waals surface area contributed by atoms with E-state index in [0.29, 0.717) is 6.54 Å². The highest BCUT2D eigenvalue weighted by atomic mass is 32.1. The lowest BCUT2D eigenvalue weighted by molar-refractivity contribution is -0.123. The van der Waals surface area contributed by atoms with Crippen LogP contribution in [0.15, 0.2) is 30.2 Å². The van der Waals surface area contributed by atoms with Gasteiger partial charge in [0.2, 0.25) is 16.8 Å². The van der Waals surface area contributed by atoms with Crippen LogP contribution in [0, 0.1) is 0 Å². The molecule has 0 radical (unpaired) electrons. The number of piperazine rings is 1. The van der Waals surface area contributed by atoms with E-state index in [4.69, 9.17) is 0 Å². The normalized spacial score (nSPS) is 16.7. The van der Waals surface area contributed by atoms with E-state index < -0.39 is 0 Å². The zero-order valence-corrected chi connectivity index (χ0v) is 15.3. The maximum atomic E-state index is 12.4. The summed E-state index contributed by atoms with van der Waals surface area (Å²) in [6.45, 7) is 5.57. The molecule has 1 N–H and O–H groups in total. The molecule has 9 nitrogen and oxygen atoms in total. The van der Waals surface area contributed by atoms with Crippen LogP contribution in [0.2, 0.25) is 0 Å². The molecule has 0 spiro atoms. The van der Waals surface area contributed by atoms with Gasteiger partial charge in [-0.1, -0.05) is 11.3 Å². The second-order valence-corrected chi connectivity index (χ2v) is 7.04. The van der Waals surface area contributed by atoms with E-state index in [1.165, 1.54) is 11.3 Å². The highest BCUT2D eigenvalue weighted by Gasteiger charge is 2.21. The van der Waals surface area contributed by atoms with Gasteiger partial charge in [-0.05, 0) is 13.0 Å². The molecule has 26 heavy (non-hydrogen) atoms. The van der Waals surface area contributed by atoms with Gasteiger partial charge in [0.15, 0.2) is 0 Å². The third-order valence-corrected chi connectivity index (χ3v) is 5.09. The van der Waals surface area contributed by atoms with E-state index in [-0.39, 0.29) is 11.9 Å². The molecule has 0 bridgehead atoms. The summed E-state index contributed by atoms with van der Waals surface area (Å²) in [5.74, 6) is 0.754. The van der Waals surface area contributed by atoms with Crippen molar-refractivity contribution in [1.29, 1.82) is 0 Å². The van der Waals surface area contributed by atoms with Crippen LogP contribution in [0.4, 0.5) is 5.95 Å². The van der Waals surface area contributed by atoms with Crippen molar-refractivity contribution in [1.82, 2.24) is 34.8 Å². The predicted octanol–water partition coefficient (Wildman–Crippen LogP) is 0.580. The van der Waals surface area contributed by atoms with Crippen molar-refractivity contribution < 1.29 is 4.79 Å². The summed E-state index contributed by atoms with van der Waals surface area (Å²) in [7, 11) is 0. The lowest BCUT2D eigenvalue weighted by atomic mass is 10.2. The van der Waals surface area contributed by atoms with Crippen molar-refractivity contribution in [2.24, 2.45) is 0 Å². The van der Waals surface area contributed by atoms with Crippen molar-refractivity contribution >= 4 is 28.2 Å². The molecular weight excluding hydrogens is 352 g/mol. The van der Waals surface area contributed by atoms with Crippen LogP contribution in [0.5, 0.6) is 0 Å². The Kier molecular flexibility index (Phi) is 4.76. The van der Waals surface area contributed by atoms with Crippen molar-refractivity contribution in [3.8, 4) is 0 Å². The molecule has 3 aromatic heterocycles. The Morgan fingerprint density at radius 1 is 1.27 bits per heavy atom. The number of anilines is 1. The molecule has 1 aliphatic rings. The Morgan fingerprint density at radius 2 is 2.04 bits per heavy atom. The van der Waals surface area contributed by atoms with E-state index in [0.717, 1.165) is 42.8 Å². The fourth-order valence-corrected chi connectivity index (χ4v) is 3.60. The largest absolute Gasteiger partial charge is 0.347 e. The van der Waals surface area contributed by atoms with Gasteiger partial charge in [-0.15, -0.1) is 0 Å². The van der Waals surface area contributed by atoms with Gasteiger partial charge in [0.1, 0.15) is 5.51 Å². The van der Waals surface area contributed by atoms with Crippen molar-refractivity contribution in [3.05, 3.63) is 35.9 Å². The minimum Gasteiger partial charge on any atom is -0.347 e. The number of aromatic nitrogens is 5. The molecule has 0 aliphatic carbocycles. The fourth-order valence-electron chi connectivity index (χ4n) is 2.99. The summed E-state index contributed by atoms with van der Waals surface area (Å²) in [5.41, 5.74) is 2.57. The number of hydrogen-bond donors (Lipinski definition) is 1. The minimum atomic E-state index is -0.143. The molecule has 1 atom stereocenters. The summed E-state index contributed by atoms with van der Waals surface area (Å²) in [6.07, 6.45) is 5.35. The average Bonchev–Trinajstić information content (AvgIpc) is 3.25. The molecule has 4 heterocycles. The number of carbonyl (C=O) groups is 1. The Balaban J connectivity index is 1.27. The van der Waals surface area contributed by atoms with Crippen molar-refractivity contribution in [2.75, 3.05) is 37.6 Å². The smallest absolute Gasteiger partial charge is 0.234 e. The number of nitrogens with zero attached hydrogens (tertiary/aromatic N) is 7. The topological polar surface area (TPSA) is 91.6 Å². The number of nitrogens with one attached hydrogen (secondary N) is 1. The maximum Gasteiger partial charge on any atom is 0.234 e. The van der Waals surface area contributed by atoms with Gasteiger partial charge in [0.25, 0.3) is 0 Å². The summed E-state index contributed by atoms with van der Waals surface area (Å²) in [5, 5.41) is 7.18. The molecule has 10 heteroatoms. The second-order valence-electron chi connectivity index (χ2n) is 6.23. The molecule has 0 saturated carbocycles. The van der Waals surface area contributed by atoms with E-state index in [2.05, 4.69) is 35.2 Å². The fraction of sp³-hybridized carbons (Fsp3) is 0.438. The number of amides is 1. The van der Waals surface area contributed by atoms with Crippen LogP contribution >= 0.6 is 11.3 Å².